The number of carbonyl (C=O) groups excluding carboxylic acids is 1. The Hall–Kier alpha value is -0.960. The van der Waals surface area contributed by atoms with Gasteiger partial charge in [0.15, 0.2) is 0 Å². The highest BCUT2D eigenvalue weighted by Crippen LogP contribution is 2.40. The molecule has 0 aromatic carbocycles. The Labute approximate surface area is 128 Å². The summed E-state index contributed by atoms with van der Waals surface area (Å²) in [6.07, 6.45) is 6.45. The first-order chi connectivity index (χ1) is 9.79. The van der Waals surface area contributed by atoms with Crippen LogP contribution in [-0.2, 0) is 11.2 Å². The van der Waals surface area contributed by atoms with E-state index >= 15 is 0 Å². The maximum Gasteiger partial charge on any atom is 0.240 e. The lowest BCUT2D eigenvalue weighted by Crippen LogP contribution is -2.49. The van der Waals surface area contributed by atoms with Gasteiger partial charge >= 0.3 is 0 Å². The second-order valence-electron chi connectivity index (χ2n) is 5.11. The number of hydrogen-bond donors (Lipinski definition) is 0. The Morgan fingerprint density at radius 2 is 2.20 bits per heavy atom. The summed E-state index contributed by atoms with van der Waals surface area (Å²) < 4.78 is 0. The van der Waals surface area contributed by atoms with Crippen molar-refractivity contribution in [2.45, 2.75) is 11.7 Å². The molecule has 0 N–H and O–H groups in total. The van der Waals surface area contributed by atoms with E-state index in [2.05, 4.69) is 22.3 Å². The number of carbonyl (C=O) groups is 1. The summed E-state index contributed by atoms with van der Waals surface area (Å²) in [7, 11) is 0. The number of amides is 1. The minimum Gasteiger partial charge on any atom is -0.339 e. The van der Waals surface area contributed by atoms with Crippen molar-refractivity contribution in [3.05, 3.63) is 21.9 Å². The molecular formula is C15H18N2OS2. The van der Waals surface area contributed by atoms with E-state index in [9.17, 15) is 4.79 Å². The maximum absolute atomic E-state index is 12.7. The second kappa shape index (κ2) is 6.21. The zero-order valence-corrected chi connectivity index (χ0v) is 13.0. The molecule has 1 fully saturated rings. The molecule has 0 saturated carbocycles. The summed E-state index contributed by atoms with van der Waals surface area (Å²) in [4.78, 5) is 18.4. The van der Waals surface area contributed by atoms with Crippen LogP contribution in [0.25, 0.3) is 0 Å². The van der Waals surface area contributed by atoms with Gasteiger partial charge in [-0.25, -0.2) is 0 Å². The van der Waals surface area contributed by atoms with Gasteiger partial charge in [-0.05, 0) is 29.2 Å². The highest BCUT2D eigenvalue weighted by atomic mass is 32.2. The van der Waals surface area contributed by atoms with Gasteiger partial charge in [0.1, 0.15) is 5.25 Å². The highest BCUT2D eigenvalue weighted by molar-refractivity contribution is 8.00. The molecule has 5 heteroatoms. The van der Waals surface area contributed by atoms with Gasteiger partial charge in [0.2, 0.25) is 5.91 Å². The van der Waals surface area contributed by atoms with Crippen molar-refractivity contribution >= 4 is 29.0 Å². The molecule has 3 nitrogen and oxygen atoms in total. The summed E-state index contributed by atoms with van der Waals surface area (Å²) in [5, 5.41) is 2.13. The molecule has 2 aliphatic heterocycles. The van der Waals surface area contributed by atoms with Crippen molar-refractivity contribution in [1.29, 1.82) is 0 Å². The van der Waals surface area contributed by atoms with Crippen LogP contribution in [0.1, 0.15) is 15.7 Å². The van der Waals surface area contributed by atoms with Crippen molar-refractivity contribution in [2.24, 2.45) is 0 Å². The van der Waals surface area contributed by atoms with E-state index in [1.807, 2.05) is 4.90 Å². The van der Waals surface area contributed by atoms with Crippen LogP contribution < -0.4 is 0 Å². The minimum absolute atomic E-state index is 0.0178. The van der Waals surface area contributed by atoms with E-state index in [1.165, 1.54) is 10.4 Å². The molecule has 3 rings (SSSR count). The zero-order valence-electron chi connectivity index (χ0n) is 11.4. The Kier molecular flexibility index (Phi) is 4.35. The summed E-state index contributed by atoms with van der Waals surface area (Å²) in [5.41, 5.74) is 1.25. The average molecular weight is 306 g/mol. The third-order valence-corrected chi connectivity index (χ3v) is 6.12. The van der Waals surface area contributed by atoms with Crippen LogP contribution in [0.5, 0.6) is 0 Å². The molecule has 1 saturated heterocycles. The topological polar surface area (TPSA) is 23.6 Å². The highest BCUT2D eigenvalue weighted by Gasteiger charge is 2.32. The summed E-state index contributed by atoms with van der Waals surface area (Å²) >= 11 is 3.58. The van der Waals surface area contributed by atoms with E-state index in [4.69, 9.17) is 6.42 Å². The lowest BCUT2D eigenvalue weighted by Gasteiger charge is -2.36. The van der Waals surface area contributed by atoms with Crippen LogP contribution in [0.4, 0.5) is 0 Å². The Balaban J connectivity index is 1.65. The first-order valence-electron chi connectivity index (χ1n) is 6.92. The summed E-state index contributed by atoms with van der Waals surface area (Å²) in [6.45, 7) is 4.08. The van der Waals surface area contributed by atoms with Gasteiger partial charge in [0.25, 0.3) is 0 Å². The minimum atomic E-state index is 0.0178. The smallest absolute Gasteiger partial charge is 0.240 e. The van der Waals surface area contributed by atoms with Gasteiger partial charge in [-0.3, -0.25) is 9.69 Å². The van der Waals surface area contributed by atoms with E-state index < -0.39 is 0 Å². The molecule has 0 aliphatic carbocycles. The lowest BCUT2D eigenvalue weighted by atomic mass is 10.1. The molecule has 1 aromatic rings. The maximum atomic E-state index is 12.7. The molecule has 3 heterocycles. The van der Waals surface area contributed by atoms with Gasteiger partial charge in [-0.15, -0.1) is 29.5 Å². The molecule has 1 aromatic heterocycles. The van der Waals surface area contributed by atoms with E-state index in [0.29, 0.717) is 6.54 Å². The van der Waals surface area contributed by atoms with Gasteiger partial charge in [-0.1, -0.05) is 5.92 Å². The first-order valence-corrected chi connectivity index (χ1v) is 8.85. The van der Waals surface area contributed by atoms with Gasteiger partial charge in [-0.2, -0.15) is 0 Å². The lowest BCUT2D eigenvalue weighted by molar-refractivity contribution is -0.132. The second-order valence-corrected chi connectivity index (χ2v) is 7.32. The average Bonchev–Trinajstić information content (AvgIpc) is 2.96. The van der Waals surface area contributed by atoms with E-state index in [1.54, 1.807) is 23.1 Å². The molecule has 20 heavy (non-hydrogen) atoms. The van der Waals surface area contributed by atoms with Crippen molar-refractivity contribution < 1.29 is 4.79 Å². The number of fused-ring (bicyclic) bond motifs is 1. The van der Waals surface area contributed by atoms with Gasteiger partial charge in [0, 0.05) is 31.1 Å². The fraction of sp³-hybridized carbons (Fsp3) is 0.533. The number of aryl methyl sites for hydroxylation is 1. The Morgan fingerprint density at radius 1 is 1.40 bits per heavy atom. The van der Waals surface area contributed by atoms with Crippen LogP contribution in [0.15, 0.2) is 11.4 Å². The van der Waals surface area contributed by atoms with E-state index in [-0.39, 0.29) is 11.2 Å². The fourth-order valence-electron chi connectivity index (χ4n) is 2.77. The standard InChI is InChI=1S/C15H18N2OS2/c1-2-5-16-6-8-17(9-7-16)15(18)14-12-3-10-19-13(12)4-11-20-14/h1,3,10,14H,4-9,11H2/t14-/m0/s1. The number of rotatable bonds is 2. The first kappa shape index (κ1) is 14.0. The molecule has 1 amide bonds. The van der Waals surface area contributed by atoms with Gasteiger partial charge in [0.05, 0.1) is 6.54 Å². The number of piperazine rings is 1. The van der Waals surface area contributed by atoms with Crippen LogP contribution in [0, 0.1) is 12.3 Å². The normalized spacial score (nSPS) is 23.1. The molecule has 106 valence electrons. The molecular weight excluding hydrogens is 288 g/mol. The summed E-state index contributed by atoms with van der Waals surface area (Å²) in [6, 6.07) is 2.13. The fourth-order valence-corrected chi connectivity index (χ4v) is 5.15. The summed E-state index contributed by atoms with van der Waals surface area (Å²) in [5.74, 6) is 4.02. The third-order valence-electron chi connectivity index (χ3n) is 3.90. The van der Waals surface area contributed by atoms with Crippen LogP contribution >= 0.6 is 23.1 Å². The Bertz CT molecular complexity index is 526. The van der Waals surface area contributed by atoms with Crippen molar-refractivity contribution in [2.75, 3.05) is 38.5 Å². The number of thiophene rings is 1. The third kappa shape index (κ3) is 2.73. The van der Waals surface area contributed by atoms with Crippen LogP contribution in [0.2, 0.25) is 0 Å². The molecule has 0 radical (unpaired) electrons. The zero-order chi connectivity index (χ0) is 13.9. The van der Waals surface area contributed by atoms with Crippen LogP contribution in [0.3, 0.4) is 0 Å². The largest absolute Gasteiger partial charge is 0.339 e. The van der Waals surface area contributed by atoms with E-state index in [0.717, 1.165) is 38.4 Å². The Morgan fingerprint density at radius 3 is 2.95 bits per heavy atom. The SMILES string of the molecule is C#CCN1CCN(C(=O)[C@H]2SCCc3sccc32)CC1. The quantitative estimate of drug-likeness (QED) is 0.779. The molecule has 1 atom stereocenters. The monoisotopic (exact) mass is 306 g/mol. The van der Waals surface area contributed by atoms with Crippen molar-refractivity contribution in [3.8, 4) is 12.3 Å². The number of thioether (sulfide) groups is 1. The molecule has 0 spiro atoms. The van der Waals surface area contributed by atoms with Crippen molar-refractivity contribution in [1.82, 2.24) is 9.80 Å². The molecule has 0 unspecified atom stereocenters. The predicted octanol–water partition coefficient (Wildman–Crippen LogP) is 1.86. The van der Waals surface area contributed by atoms with Crippen LogP contribution in [-0.4, -0.2) is 54.2 Å². The number of terminal acetylenes is 1. The number of nitrogens with zero attached hydrogens (tertiary/aromatic N) is 2. The molecule has 0 bridgehead atoms. The molecule has 2 aliphatic rings. The number of hydrogen-bond acceptors (Lipinski definition) is 4. The van der Waals surface area contributed by atoms with Crippen molar-refractivity contribution in [3.63, 3.8) is 0 Å². The van der Waals surface area contributed by atoms with Gasteiger partial charge < -0.3 is 4.90 Å². The predicted molar refractivity (Wildman–Crippen MR) is 85.1 cm³/mol.